The molecule has 3 aliphatic rings. The molecule has 296 valence electrons. The van der Waals surface area contributed by atoms with Gasteiger partial charge in [-0.15, -0.1) is 0 Å². The number of nitrogens with two attached hydrogens (primary N) is 1. The summed E-state index contributed by atoms with van der Waals surface area (Å²) >= 11 is 0. The molecule has 1 saturated carbocycles. The molecule has 0 aromatic heterocycles. The van der Waals surface area contributed by atoms with Crippen molar-refractivity contribution in [2.75, 3.05) is 72.9 Å². The van der Waals surface area contributed by atoms with Crippen molar-refractivity contribution in [1.29, 1.82) is 0 Å². The topological polar surface area (TPSA) is 234 Å². The molecule has 1 spiro atoms. The van der Waals surface area contributed by atoms with Crippen molar-refractivity contribution in [1.82, 2.24) is 26.8 Å². The highest BCUT2D eigenvalue weighted by Gasteiger charge is 2.72. The molecule has 17 heteroatoms. The molecule has 17 nitrogen and oxygen atoms in total. The van der Waals surface area contributed by atoms with Crippen LogP contribution in [-0.2, 0) is 47.6 Å². The minimum Gasteiger partial charge on any atom is -0.443 e. The number of Topliss-reactive ketones (excluding diaryl/α,β-unsaturated/α-hetero) is 2. The van der Waals surface area contributed by atoms with Gasteiger partial charge in [-0.25, -0.2) is 15.6 Å². The highest BCUT2D eigenvalue weighted by atomic mass is 16.6. The molecule has 2 heterocycles. The van der Waals surface area contributed by atoms with Crippen molar-refractivity contribution in [2.45, 2.75) is 95.9 Å². The van der Waals surface area contributed by atoms with Crippen molar-refractivity contribution >= 4 is 29.5 Å². The van der Waals surface area contributed by atoms with E-state index in [1.54, 1.807) is 7.11 Å². The maximum absolute atomic E-state index is 12.7. The fraction of sp³-hybridized carbons (Fsp3) is 0.800. The molecule has 7 atom stereocenters. The van der Waals surface area contributed by atoms with E-state index in [2.05, 4.69) is 53.6 Å². The molecule has 0 aromatic carbocycles. The normalized spacial score (nSPS) is 26.7. The van der Waals surface area contributed by atoms with Crippen LogP contribution in [0.15, 0.2) is 11.6 Å². The van der Waals surface area contributed by atoms with Crippen LogP contribution >= 0.6 is 0 Å². The molecule has 3 amide bonds. The molecule has 0 radical (unpaired) electrons. The average molecular weight is 741 g/mol. The van der Waals surface area contributed by atoms with Crippen LogP contribution in [0, 0.1) is 11.8 Å². The smallest absolute Gasteiger partial charge is 0.407 e. The zero-order chi connectivity index (χ0) is 38.3. The Labute approximate surface area is 306 Å². The van der Waals surface area contributed by atoms with Crippen LogP contribution < -0.4 is 32.5 Å². The number of amides is 3. The molecule has 0 bridgehead atoms. The molecule has 4 unspecified atom stereocenters. The number of hydrogen-bond donors (Lipinski definition) is 6. The van der Waals surface area contributed by atoms with Crippen molar-refractivity contribution in [2.24, 2.45) is 17.6 Å². The van der Waals surface area contributed by atoms with Gasteiger partial charge in [-0.2, -0.15) is 0 Å². The molecule has 0 aromatic rings. The summed E-state index contributed by atoms with van der Waals surface area (Å²) in [5.74, 6) is -2.31. The van der Waals surface area contributed by atoms with Gasteiger partial charge in [0.25, 0.3) is 0 Å². The second-order valence-corrected chi connectivity index (χ2v) is 14.3. The number of alkyl carbamates (subject to hydrolysis) is 1. The molecule has 2 saturated heterocycles. The summed E-state index contributed by atoms with van der Waals surface area (Å²) in [6.45, 7) is 11.4. The fourth-order valence-corrected chi connectivity index (χ4v) is 6.61. The molecular formula is C35H60N6O11. The average Bonchev–Trinajstić information content (AvgIpc) is 4.02. The van der Waals surface area contributed by atoms with Gasteiger partial charge < -0.3 is 50.1 Å². The van der Waals surface area contributed by atoms with Gasteiger partial charge in [0.15, 0.2) is 0 Å². The lowest BCUT2D eigenvalue weighted by molar-refractivity contribution is -0.138. The largest absolute Gasteiger partial charge is 0.443 e. The lowest BCUT2D eigenvalue weighted by atomic mass is 9.68. The molecule has 3 rings (SSSR count). The van der Waals surface area contributed by atoms with Crippen LogP contribution in [0.1, 0.15) is 60.3 Å². The van der Waals surface area contributed by atoms with E-state index >= 15 is 0 Å². The van der Waals surface area contributed by atoms with Gasteiger partial charge in [-0.3, -0.25) is 19.2 Å². The molecule has 1 aliphatic carbocycles. The summed E-state index contributed by atoms with van der Waals surface area (Å²) in [6, 6.07) is -0.866. The van der Waals surface area contributed by atoms with Crippen molar-refractivity contribution in [3.63, 3.8) is 0 Å². The standard InChI is InChI=1S/C35H60N6O11/c1-22(2)7-8-27-34(5,52-27)32-31(47-6)26(9-10-35(32)21-50-35)51-33(46)38-12-14-49-16-15-48-13-11-37-29(44)20-40-41-24(17-23(3)4)30(45)25(42)19-39-28(43)18-36/h7,23-24,26-27,31-32,40-41H,8-21,36H2,1-6H3,(H,37,44)(H,38,46)(H,39,43)/t24-,26?,27+,31?,32?,34?,35-/m0/s1. The fourth-order valence-electron chi connectivity index (χ4n) is 6.61. The Morgan fingerprint density at radius 3 is 2.23 bits per heavy atom. The van der Waals surface area contributed by atoms with Crippen LogP contribution in [0.3, 0.4) is 0 Å². The van der Waals surface area contributed by atoms with Gasteiger partial charge in [0, 0.05) is 20.2 Å². The second-order valence-electron chi connectivity index (χ2n) is 14.3. The van der Waals surface area contributed by atoms with Crippen molar-refractivity contribution in [3.05, 3.63) is 11.6 Å². The summed E-state index contributed by atoms with van der Waals surface area (Å²) in [4.78, 5) is 60.8. The minimum atomic E-state index is -0.866. The predicted molar refractivity (Wildman–Crippen MR) is 189 cm³/mol. The number of ether oxygens (including phenoxy) is 6. The van der Waals surface area contributed by atoms with E-state index < -0.39 is 47.9 Å². The number of ketones is 2. The van der Waals surface area contributed by atoms with E-state index in [1.165, 1.54) is 5.57 Å². The van der Waals surface area contributed by atoms with E-state index in [0.29, 0.717) is 26.1 Å². The van der Waals surface area contributed by atoms with E-state index in [0.717, 1.165) is 12.8 Å². The number of carbonyl (C=O) groups excluding carboxylic acids is 5. The summed E-state index contributed by atoms with van der Waals surface area (Å²) in [5, 5.41) is 7.70. The first-order valence-corrected chi connectivity index (χ1v) is 18.1. The van der Waals surface area contributed by atoms with Crippen LogP contribution in [-0.4, -0.2) is 138 Å². The number of carbonyl (C=O) groups is 5. The van der Waals surface area contributed by atoms with Crippen molar-refractivity contribution < 1.29 is 52.4 Å². The Balaban J connectivity index is 1.23. The number of epoxide rings is 2. The number of hydrogen-bond acceptors (Lipinski definition) is 14. The third kappa shape index (κ3) is 13.4. The first kappa shape index (κ1) is 43.4. The zero-order valence-electron chi connectivity index (χ0n) is 31.5. The van der Waals surface area contributed by atoms with Crippen LogP contribution in [0.4, 0.5) is 4.79 Å². The van der Waals surface area contributed by atoms with Gasteiger partial charge in [0.1, 0.15) is 23.4 Å². The van der Waals surface area contributed by atoms with Gasteiger partial charge in [0.2, 0.25) is 23.4 Å². The molecule has 52 heavy (non-hydrogen) atoms. The number of hydrazine groups is 1. The Morgan fingerprint density at radius 2 is 1.63 bits per heavy atom. The SMILES string of the molecule is COC1C(OC(=O)NCCOCCOCCNC(=O)CNN[C@@H](CC(C)C)C(=O)C(=O)CNC(=O)CN)CC[C@]2(CO2)C1C1(C)O[C@@H]1CC=C(C)C. The highest BCUT2D eigenvalue weighted by Crippen LogP contribution is 2.59. The number of allylic oxidation sites excluding steroid dienone is 1. The first-order valence-electron chi connectivity index (χ1n) is 18.1. The summed E-state index contributed by atoms with van der Waals surface area (Å²) in [6.07, 6.45) is 3.51. The Kier molecular flexibility index (Phi) is 17.5. The van der Waals surface area contributed by atoms with Crippen LogP contribution in [0.25, 0.3) is 0 Å². The number of methoxy groups -OCH3 is 1. The summed E-state index contributed by atoms with van der Waals surface area (Å²) < 4.78 is 34.9. The number of rotatable bonds is 25. The molecule has 3 fully saturated rings. The molecule has 7 N–H and O–H groups in total. The van der Waals surface area contributed by atoms with Crippen LogP contribution in [0.2, 0.25) is 0 Å². The first-order chi connectivity index (χ1) is 24.8. The van der Waals surface area contributed by atoms with Gasteiger partial charge in [-0.1, -0.05) is 25.5 Å². The van der Waals surface area contributed by atoms with Gasteiger partial charge in [0.05, 0.1) is 70.7 Å². The maximum atomic E-state index is 12.7. The van der Waals surface area contributed by atoms with E-state index in [9.17, 15) is 24.0 Å². The second kappa shape index (κ2) is 21.0. The van der Waals surface area contributed by atoms with Crippen LogP contribution in [0.5, 0.6) is 0 Å². The highest BCUT2D eigenvalue weighted by molar-refractivity contribution is 6.40. The van der Waals surface area contributed by atoms with Crippen molar-refractivity contribution in [3.8, 4) is 0 Å². The summed E-state index contributed by atoms with van der Waals surface area (Å²) in [7, 11) is 1.64. The predicted octanol–water partition coefficient (Wildman–Crippen LogP) is -0.340. The maximum Gasteiger partial charge on any atom is 0.407 e. The lowest BCUT2D eigenvalue weighted by Gasteiger charge is -2.42. The van der Waals surface area contributed by atoms with E-state index in [4.69, 9.17) is 34.2 Å². The Bertz CT molecular complexity index is 1240. The van der Waals surface area contributed by atoms with Gasteiger partial charge in [-0.05, 0) is 52.4 Å². The third-order valence-electron chi connectivity index (χ3n) is 9.41. The van der Waals surface area contributed by atoms with E-state index in [1.807, 2.05) is 13.8 Å². The quantitative estimate of drug-likeness (QED) is 0.0231. The Morgan fingerprint density at radius 1 is 0.962 bits per heavy atom. The van der Waals surface area contributed by atoms with Gasteiger partial charge >= 0.3 is 6.09 Å². The zero-order valence-corrected chi connectivity index (χ0v) is 31.5. The monoisotopic (exact) mass is 740 g/mol. The number of nitrogens with one attached hydrogen (secondary N) is 5. The minimum absolute atomic E-state index is 0.0506. The van der Waals surface area contributed by atoms with E-state index in [-0.39, 0.29) is 81.6 Å². The Hall–Kier alpha value is -3.03. The summed E-state index contributed by atoms with van der Waals surface area (Å²) in [5.41, 5.74) is 11.2. The third-order valence-corrected chi connectivity index (χ3v) is 9.41. The molecule has 2 aliphatic heterocycles. The molecular weight excluding hydrogens is 680 g/mol. The lowest BCUT2D eigenvalue weighted by Crippen LogP contribution is -2.56.